The van der Waals surface area contributed by atoms with E-state index in [1.54, 1.807) is 6.07 Å². The second kappa shape index (κ2) is 10.00. The van der Waals surface area contributed by atoms with Crippen LogP contribution in [-0.2, 0) is 4.79 Å². The molecule has 4 heterocycles. The highest BCUT2D eigenvalue weighted by Gasteiger charge is 2.51. The van der Waals surface area contributed by atoms with Crippen LogP contribution >= 0.6 is 22.9 Å². The van der Waals surface area contributed by atoms with Crippen molar-refractivity contribution in [2.24, 2.45) is 0 Å². The summed E-state index contributed by atoms with van der Waals surface area (Å²) < 4.78 is 0. The fourth-order valence-electron chi connectivity index (χ4n) is 4.57. The van der Waals surface area contributed by atoms with Gasteiger partial charge < -0.3 is 20.6 Å². The van der Waals surface area contributed by atoms with Crippen molar-refractivity contribution in [1.29, 1.82) is 0 Å². The lowest BCUT2D eigenvalue weighted by molar-refractivity contribution is -0.137. The van der Waals surface area contributed by atoms with Gasteiger partial charge in [0, 0.05) is 31.6 Å². The Morgan fingerprint density at radius 1 is 1.22 bits per heavy atom. The number of benzene rings is 1. The number of piperazine rings is 1. The fourth-order valence-corrected chi connectivity index (χ4v) is 5.56. The summed E-state index contributed by atoms with van der Waals surface area (Å²) >= 11 is 7.46. The summed E-state index contributed by atoms with van der Waals surface area (Å²) in [7, 11) is 0. The van der Waals surface area contributed by atoms with Gasteiger partial charge in [-0.15, -0.1) is 0 Å². The lowest BCUT2D eigenvalue weighted by atomic mass is 9.85. The van der Waals surface area contributed by atoms with E-state index in [9.17, 15) is 9.59 Å². The number of carbonyl (C=O) groups excluding carboxylic acids is 1. The highest BCUT2D eigenvalue weighted by atomic mass is 35.5. The molecule has 0 radical (unpaired) electrons. The van der Waals surface area contributed by atoms with E-state index in [2.05, 4.69) is 35.4 Å². The topological polar surface area (TPSA) is 124 Å². The fraction of sp³-hybridized carbons (Fsp3) is 0.375. The maximum atomic E-state index is 12.7. The number of fused-ring (bicyclic) bond motifs is 1. The molecule has 1 amide bonds. The first kappa shape index (κ1) is 24.4. The monoisotopic (exact) mass is 527 g/mol. The molecule has 3 aromatic rings. The van der Waals surface area contributed by atoms with E-state index in [1.165, 1.54) is 17.5 Å². The van der Waals surface area contributed by atoms with Crippen LogP contribution in [0.25, 0.3) is 0 Å². The second-order valence-corrected chi connectivity index (χ2v) is 10.4. The van der Waals surface area contributed by atoms with Crippen molar-refractivity contribution in [3.8, 4) is 0 Å². The molecule has 3 N–H and O–H groups in total. The molecule has 188 valence electrons. The molecule has 1 unspecified atom stereocenters. The average molecular weight is 528 g/mol. The molecule has 2 aliphatic heterocycles. The van der Waals surface area contributed by atoms with E-state index in [-0.39, 0.29) is 12.3 Å². The van der Waals surface area contributed by atoms with Gasteiger partial charge in [0.05, 0.1) is 22.9 Å². The normalized spacial score (nSPS) is 18.7. The van der Waals surface area contributed by atoms with E-state index in [4.69, 9.17) is 16.7 Å². The van der Waals surface area contributed by atoms with E-state index < -0.39 is 5.97 Å². The summed E-state index contributed by atoms with van der Waals surface area (Å²) in [6.07, 6.45) is 2.40. The Balaban J connectivity index is 1.20. The quantitative estimate of drug-likeness (QED) is 0.379. The Morgan fingerprint density at radius 3 is 2.78 bits per heavy atom. The summed E-state index contributed by atoms with van der Waals surface area (Å²) in [5.41, 5.74) is 1.47. The zero-order valence-electron chi connectivity index (χ0n) is 19.9. The molecular formula is C24H26ClN7O3S. The van der Waals surface area contributed by atoms with Gasteiger partial charge in [0.2, 0.25) is 0 Å². The number of amides is 1. The number of aryl methyl sites for hydroxylation is 2. The lowest BCUT2D eigenvalue weighted by Gasteiger charge is -2.62. The third-order valence-corrected chi connectivity index (χ3v) is 7.72. The Morgan fingerprint density at radius 2 is 2.06 bits per heavy atom. The number of nitrogens with zero attached hydrogens (tertiary/aromatic N) is 5. The first-order valence-corrected chi connectivity index (χ1v) is 12.9. The Labute approximate surface area is 217 Å². The zero-order valence-corrected chi connectivity index (χ0v) is 21.4. The van der Waals surface area contributed by atoms with Gasteiger partial charge in [-0.1, -0.05) is 35.1 Å². The maximum Gasteiger partial charge on any atom is 0.303 e. The van der Waals surface area contributed by atoms with Gasteiger partial charge in [-0.25, -0.2) is 15.0 Å². The Bertz CT molecular complexity index is 1300. The van der Waals surface area contributed by atoms with Crippen LogP contribution in [0.15, 0.2) is 30.5 Å². The molecule has 12 heteroatoms. The first-order valence-electron chi connectivity index (χ1n) is 11.7. The maximum absolute atomic E-state index is 12.7. The van der Waals surface area contributed by atoms with Crippen LogP contribution < -0.4 is 15.5 Å². The minimum atomic E-state index is -0.748. The van der Waals surface area contributed by atoms with E-state index in [0.717, 1.165) is 31.0 Å². The molecule has 5 rings (SSSR count). The van der Waals surface area contributed by atoms with Crippen LogP contribution in [0.3, 0.4) is 0 Å². The summed E-state index contributed by atoms with van der Waals surface area (Å²) in [5, 5.41) is 15.9. The predicted octanol–water partition coefficient (Wildman–Crippen LogP) is 3.94. The number of nitrogens with one attached hydrogen (secondary N) is 2. The van der Waals surface area contributed by atoms with Crippen LogP contribution in [0.1, 0.15) is 33.9 Å². The molecule has 2 aliphatic rings. The largest absolute Gasteiger partial charge is 0.481 e. The van der Waals surface area contributed by atoms with Crippen molar-refractivity contribution in [1.82, 2.24) is 19.9 Å². The Kier molecular flexibility index (Phi) is 6.78. The zero-order chi connectivity index (χ0) is 25.4. The molecule has 2 fully saturated rings. The van der Waals surface area contributed by atoms with E-state index in [1.807, 2.05) is 32.0 Å². The number of carboxylic acid groups (broad SMARTS) is 1. The van der Waals surface area contributed by atoms with Gasteiger partial charge in [-0.05, 0) is 38.4 Å². The van der Waals surface area contributed by atoms with Gasteiger partial charge in [-0.2, -0.15) is 0 Å². The minimum Gasteiger partial charge on any atom is -0.481 e. The number of carboxylic acids is 1. The number of hydrogen-bond acceptors (Lipinski definition) is 9. The molecule has 0 bridgehead atoms. The van der Waals surface area contributed by atoms with Gasteiger partial charge in [0.15, 0.2) is 5.13 Å². The van der Waals surface area contributed by atoms with Crippen LogP contribution in [0.4, 0.5) is 22.5 Å². The Hall–Kier alpha value is -3.28. The SMILES string of the molecule is Cc1nc(Nc2ncc(C(=O)Nc3c(C)cccc3Cl)s2)cc(N2C[C@H]3C2CN3CCCC(=O)O)n1. The number of anilines is 4. The molecular weight excluding hydrogens is 502 g/mol. The molecule has 0 spiro atoms. The second-order valence-electron chi connectivity index (χ2n) is 8.98. The number of hydrogen-bond donors (Lipinski definition) is 3. The number of halogens is 1. The smallest absolute Gasteiger partial charge is 0.303 e. The molecule has 2 saturated heterocycles. The molecule has 36 heavy (non-hydrogen) atoms. The van der Waals surface area contributed by atoms with E-state index in [0.29, 0.717) is 50.9 Å². The van der Waals surface area contributed by atoms with Crippen LogP contribution in [0.5, 0.6) is 0 Å². The third kappa shape index (κ3) is 4.99. The summed E-state index contributed by atoms with van der Waals surface area (Å²) in [5.74, 6) is 1.07. The molecule has 0 saturated carbocycles. The lowest BCUT2D eigenvalue weighted by Crippen LogP contribution is -2.79. The number of aliphatic carboxylic acids is 1. The van der Waals surface area contributed by atoms with Crippen molar-refractivity contribution in [3.05, 3.63) is 51.7 Å². The van der Waals surface area contributed by atoms with Gasteiger partial charge in [0.1, 0.15) is 22.3 Å². The van der Waals surface area contributed by atoms with Crippen LogP contribution in [0, 0.1) is 13.8 Å². The molecule has 2 aromatic heterocycles. The molecule has 1 aromatic carbocycles. The van der Waals surface area contributed by atoms with Gasteiger partial charge in [0.25, 0.3) is 5.91 Å². The molecule has 2 atom stereocenters. The summed E-state index contributed by atoms with van der Waals surface area (Å²) in [6, 6.07) is 8.19. The van der Waals surface area contributed by atoms with Gasteiger partial charge >= 0.3 is 5.97 Å². The van der Waals surface area contributed by atoms with Crippen molar-refractivity contribution >= 4 is 57.3 Å². The summed E-state index contributed by atoms with van der Waals surface area (Å²) in [4.78, 5) is 41.9. The highest BCUT2D eigenvalue weighted by Crippen LogP contribution is 2.37. The molecule has 0 aliphatic carbocycles. The van der Waals surface area contributed by atoms with Crippen molar-refractivity contribution in [2.75, 3.05) is 35.2 Å². The van der Waals surface area contributed by atoms with Crippen molar-refractivity contribution in [2.45, 2.75) is 38.8 Å². The number of thiazole rings is 1. The number of para-hydroxylation sites is 1. The standard InChI is InChI=1S/C24H26ClN7O3S/c1-13-5-3-6-15(25)22(13)30-23(35)18-10-26-24(36-18)29-19-9-20(28-14(2)27-19)32-12-16-17(32)11-31(16)8-4-7-21(33)34/h3,5-6,9-10,16-17H,4,7-8,11-12H2,1-2H3,(H,30,35)(H,33,34)(H,26,27,28,29)/t16-,17?/m0/s1. The van der Waals surface area contributed by atoms with E-state index >= 15 is 0 Å². The highest BCUT2D eigenvalue weighted by molar-refractivity contribution is 7.17. The van der Waals surface area contributed by atoms with Crippen LogP contribution in [-0.4, -0.2) is 68.6 Å². The number of aromatic nitrogens is 3. The predicted molar refractivity (Wildman–Crippen MR) is 140 cm³/mol. The third-order valence-electron chi connectivity index (χ3n) is 6.50. The van der Waals surface area contributed by atoms with Gasteiger partial charge in [-0.3, -0.25) is 14.5 Å². The van der Waals surface area contributed by atoms with Crippen molar-refractivity contribution < 1.29 is 14.7 Å². The number of carbonyl (C=O) groups is 2. The summed E-state index contributed by atoms with van der Waals surface area (Å²) in [6.45, 7) is 6.31. The van der Waals surface area contributed by atoms with Crippen molar-refractivity contribution in [3.63, 3.8) is 0 Å². The number of likely N-dealkylation sites (tertiary alicyclic amines) is 1. The first-order chi connectivity index (χ1) is 17.3. The van der Waals surface area contributed by atoms with Crippen LogP contribution in [0.2, 0.25) is 5.02 Å². The average Bonchev–Trinajstić information content (AvgIpc) is 3.27. The number of rotatable bonds is 9. The molecule has 10 nitrogen and oxygen atoms in total. The minimum absolute atomic E-state index is 0.206.